The molecular weight excluding hydrogens is 753 g/mol. The third-order valence-electron chi connectivity index (χ3n) is 13.2. The Bertz CT molecular complexity index is 3680. The van der Waals surface area contributed by atoms with Gasteiger partial charge in [-0.3, -0.25) is 4.98 Å². The van der Waals surface area contributed by atoms with Crippen LogP contribution < -0.4 is 0 Å². The van der Waals surface area contributed by atoms with Crippen molar-refractivity contribution in [1.29, 1.82) is 0 Å². The van der Waals surface area contributed by atoms with Crippen LogP contribution in [0.2, 0.25) is 0 Å². The summed E-state index contributed by atoms with van der Waals surface area (Å²) in [7, 11) is 0. The number of hydrogen-bond acceptors (Lipinski definition) is 3. The van der Waals surface area contributed by atoms with E-state index in [9.17, 15) is 0 Å². The molecule has 2 heterocycles. The summed E-state index contributed by atoms with van der Waals surface area (Å²) in [6.45, 7) is 0. The smallest absolute Gasteiger partial charge is 0.143 e. The van der Waals surface area contributed by atoms with Crippen LogP contribution in [-0.4, -0.2) is 9.97 Å². The summed E-state index contributed by atoms with van der Waals surface area (Å²) < 4.78 is 6.50. The normalized spacial score (nSPS) is 13.0. The van der Waals surface area contributed by atoms with Gasteiger partial charge >= 0.3 is 0 Å². The first kappa shape index (κ1) is 34.7. The molecule has 3 heteroatoms. The zero-order valence-electron chi connectivity index (χ0n) is 33.6. The van der Waals surface area contributed by atoms with Gasteiger partial charge in [0.1, 0.15) is 11.2 Å². The molecule has 0 atom stereocenters. The number of hydrogen-bond donors (Lipinski definition) is 0. The van der Waals surface area contributed by atoms with Gasteiger partial charge in [0.15, 0.2) is 0 Å². The minimum absolute atomic E-state index is 0.607. The van der Waals surface area contributed by atoms with Gasteiger partial charge in [-0.1, -0.05) is 188 Å². The highest BCUT2D eigenvalue weighted by Crippen LogP contribution is 2.57. The first-order chi connectivity index (χ1) is 30.7. The molecule has 0 bridgehead atoms. The second kappa shape index (κ2) is 13.4. The molecule has 0 radical (unpaired) electrons. The second-order valence-corrected chi connectivity index (χ2v) is 16.4. The lowest BCUT2D eigenvalue weighted by Gasteiger charge is -2.34. The van der Waals surface area contributed by atoms with E-state index in [0.29, 0.717) is 0 Å². The summed E-state index contributed by atoms with van der Waals surface area (Å²) in [4.78, 5) is 10.6. The first-order valence-corrected chi connectivity index (χ1v) is 21.2. The average molecular weight is 789 g/mol. The molecule has 0 saturated carbocycles. The van der Waals surface area contributed by atoms with E-state index in [2.05, 4.69) is 200 Å². The van der Waals surface area contributed by atoms with E-state index in [4.69, 9.17) is 14.4 Å². The van der Waals surface area contributed by atoms with Gasteiger partial charge in [-0.25, -0.2) is 4.98 Å². The van der Waals surface area contributed by atoms with Crippen LogP contribution >= 0.6 is 0 Å². The lowest BCUT2D eigenvalue weighted by Crippen LogP contribution is -2.28. The highest BCUT2D eigenvalue weighted by molar-refractivity contribution is 6.23. The molecule has 0 unspecified atom stereocenters. The van der Waals surface area contributed by atoms with Crippen LogP contribution in [0.3, 0.4) is 0 Å². The highest BCUT2D eigenvalue weighted by Gasteiger charge is 2.46. The number of para-hydroxylation sites is 2. The van der Waals surface area contributed by atoms with Crippen LogP contribution in [0.5, 0.6) is 0 Å². The Labute approximate surface area is 358 Å². The number of rotatable bonds is 5. The van der Waals surface area contributed by atoms with Crippen LogP contribution in [0.25, 0.3) is 99.2 Å². The molecule has 288 valence electrons. The van der Waals surface area contributed by atoms with Crippen molar-refractivity contribution >= 4 is 54.5 Å². The molecular formula is C59H36N2O. The quantitative estimate of drug-likeness (QED) is 0.163. The Morgan fingerprint density at radius 1 is 0.355 bits per heavy atom. The lowest BCUT2D eigenvalue weighted by atomic mass is 9.67. The van der Waals surface area contributed by atoms with Gasteiger partial charge in [0.2, 0.25) is 0 Å². The molecule has 10 aromatic carbocycles. The fraction of sp³-hybridized carbons (Fsp3) is 0.0169. The van der Waals surface area contributed by atoms with Crippen molar-refractivity contribution in [2.24, 2.45) is 0 Å². The van der Waals surface area contributed by atoms with E-state index in [1.54, 1.807) is 0 Å². The molecule has 0 spiro atoms. The summed E-state index contributed by atoms with van der Waals surface area (Å²) in [5.41, 5.74) is 16.8. The van der Waals surface area contributed by atoms with E-state index < -0.39 is 5.41 Å². The van der Waals surface area contributed by atoms with Crippen molar-refractivity contribution in [2.45, 2.75) is 5.41 Å². The number of furan rings is 1. The van der Waals surface area contributed by atoms with Crippen LogP contribution in [0.4, 0.5) is 0 Å². The summed E-state index contributed by atoms with van der Waals surface area (Å²) in [5, 5.41) is 6.87. The van der Waals surface area contributed by atoms with Gasteiger partial charge in [-0.2, -0.15) is 0 Å². The second-order valence-electron chi connectivity index (χ2n) is 16.4. The third-order valence-corrected chi connectivity index (χ3v) is 13.2. The Morgan fingerprint density at radius 2 is 0.887 bits per heavy atom. The minimum atomic E-state index is -0.607. The van der Waals surface area contributed by atoms with Crippen molar-refractivity contribution in [1.82, 2.24) is 9.97 Å². The number of aromatic nitrogens is 2. The zero-order chi connectivity index (χ0) is 40.8. The molecule has 13 rings (SSSR count). The van der Waals surface area contributed by atoms with Crippen molar-refractivity contribution in [3.8, 4) is 44.6 Å². The standard InChI is InChI=1S/C59H36N2O/c1-3-17-41(18-4-1)59(42-19-5-2-6-20-42)52-34-38(37-15-13-16-39(33-37)43-26-14-27-51-48-23-11-12-28-55(48)62-58(43)51)29-31-46(52)47-32-30-40(35-53(47)59)54-36-60-56-49-24-9-7-21-44(49)45-22-8-10-25-50(45)57(56)61-54/h1-36H. The van der Waals surface area contributed by atoms with Crippen LogP contribution in [0.15, 0.2) is 223 Å². The van der Waals surface area contributed by atoms with E-state index in [0.717, 1.165) is 77.3 Å². The van der Waals surface area contributed by atoms with E-state index in [1.165, 1.54) is 44.2 Å². The van der Waals surface area contributed by atoms with Crippen molar-refractivity contribution in [3.05, 3.63) is 241 Å². The lowest BCUT2D eigenvalue weighted by molar-refractivity contribution is 0.670. The Kier molecular flexibility index (Phi) is 7.52. The average Bonchev–Trinajstić information content (AvgIpc) is 3.88. The fourth-order valence-electron chi connectivity index (χ4n) is 10.4. The van der Waals surface area contributed by atoms with Crippen molar-refractivity contribution < 1.29 is 4.42 Å². The molecule has 0 saturated heterocycles. The minimum Gasteiger partial charge on any atom is -0.455 e. The van der Waals surface area contributed by atoms with E-state index in [1.807, 2.05) is 18.3 Å². The summed E-state index contributed by atoms with van der Waals surface area (Å²) in [5.74, 6) is 0. The largest absolute Gasteiger partial charge is 0.455 e. The Morgan fingerprint density at radius 3 is 1.60 bits per heavy atom. The molecule has 0 amide bonds. The maximum absolute atomic E-state index is 6.50. The van der Waals surface area contributed by atoms with Crippen LogP contribution in [0.1, 0.15) is 22.3 Å². The van der Waals surface area contributed by atoms with Crippen LogP contribution in [-0.2, 0) is 5.41 Å². The number of benzene rings is 10. The highest BCUT2D eigenvalue weighted by atomic mass is 16.3. The summed E-state index contributed by atoms with van der Waals surface area (Å²) in [6.07, 6.45) is 1.96. The SMILES string of the molecule is c1ccc(C2(c3ccccc3)c3cc(-c4cccc(-c5cccc6c5oc5ccccc56)c4)ccc3-c3ccc(-c4cnc5c6ccccc6c6ccccc6c5n4)cc32)cc1. The monoisotopic (exact) mass is 788 g/mol. The zero-order valence-corrected chi connectivity index (χ0v) is 33.6. The van der Waals surface area contributed by atoms with Gasteiger partial charge in [0.05, 0.1) is 28.3 Å². The third kappa shape index (κ3) is 5.00. The van der Waals surface area contributed by atoms with E-state index >= 15 is 0 Å². The molecule has 0 fully saturated rings. The Hall–Kier alpha value is -8.14. The predicted octanol–water partition coefficient (Wildman–Crippen LogP) is 15.2. The topological polar surface area (TPSA) is 38.9 Å². The Balaban J connectivity index is 1.01. The number of fused-ring (bicyclic) bond motifs is 12. The van der Waals surface area contributed by atoms with Gasteiger partial charge in [0.25, 0.3) is 0 Å². The maximum atomic E-state index is 6.50. The first-order valence-electron chi connectivity index (χ1n) is 21.2. The predicted molar refractivity (Wildman–Crippen MR) is 255 cm³/mol. The molecule has 3 nitrogen and oxygen atoms in total. The molecule has 1 aliphatic rings. The molecule has 12 aromatic rings. The van der Waals surface area contributed by atoms with Gasteiger partial charge in [0, 0.05) is 32.7 Å². The van der Waals surface area contributed by atoms with Gasteiger partial charge in [-0.05, 0) is 85.1 Å². The van der Waals surface area contributed by atoms with Crippen molar-refractivity contribution in [2.75, 3.05) is 0 Å². The van der Waals surface area contributed by atoms with Gasteiger partial charge in [-0.15, -0.1) is 0 Å². The molecule has 1 aliphatic carbocycles. The fourth-order valence-corrected chi connectivity index (χ4v) is 10.4. The summed E-state index contributed by atoms with van der Waals surface area (Å²) in [6, 6.07) is 76.7. The molecule has 2 aromatic heterocycles. The van der Waals surface area contributed by atoms with Gasteiger partial charge < -0.3 is 4.42 Å². The number of nitrogens with zero attached hydrogens (tertiary/aromatic N) is 2. The van der Waals surface area contributed by atoms with Crippen LogP contribution in [0, 0.1) is 0 Å². The molecule has 0 N–H and O–H groups in total. The van der Waals surface area contributed by atoms with E-state index in [-0.39, 0.29) is 0 Å². The maximum Gasteiger partial charge on any atom is 0.143 e. The molecule has 0 aliphatic heterocycles. The molecule has 62 heavy (non-hydrogen) atoms. The van der Waals surface area contributed by atoms with Crippen molar-refractivity contribution in [3.63, 3.8) is 0 Å². The summed E-state index contributed by atoms with van der Waals surface area (Å²) >= 11 is 0.